The van der Waals surface area contributed by atoms with E-state index in [1.54, 1.807) is 13.8 Å². The van der Waals surface area contributed by atoms with E-state index < -0.39 is 11.6 Å². The first kappa shape index (κ1) is 11.2. The highest BCUT2D eigenvalue weighted by Gasteiger charge is 2.30. The molecule has 0 bridgehead atoms. The van der Waals surface area contributed by atoms with Crippen molar-refractivity contribution in [2.24, 2.45) is 0 Å². The minimum absolute atomic E-state index is 0.723. The molecule has 0 aromatic heterocycles. The molecule has 3 heteroatoms. The van der Waals surface area contributed by atoms with E-state index >= 15 is 0 Å². The molecule has 14 heavy (non-hydrogen) atoms. The van der Waals surface area contributed by atoms with E-state index in [-0.39, 0.29) is 0 Å². The van der Waals surface area contributed by atoms with Crippen molar-refractivity contribution in [3.05, 3.63) is 35.9 Å². The first-order valence-electron chi connectivity index (χ1n) is 4.52. The third-order valence-corrected chi connectivity index (χ3v) is 1.92. The van der Waals surface area contributed by atoms with Gasteiger partial charge in [0.15, 0.2) is 0 Å². The fraction of sp³-hybridized carbons (Fsp3) is 0.455. The molecule has 0 amide bonds. The molecule has 0 spiro atoms. The van der Waals surface area contributed by atoms with Crippen molar-refractivity contribution in [3.8, 4) is 0 Å². The van der Waals surface area contributed by atoms with E-state index in [4.69, 9.17) is 14.9 Å². The minimum atomic E-state index is -2.11. The second-order valence-corrected chi connectivity index (χ2v) is 3.91. The third-order valence-electron chi connectivity index (χ3n) is 1.92. The van der Waals surface area contributed by atoms with Crippen LogP contribution in [-0.2, 0) is 10.3 Å². The molecule has 2 N–H and O–H groups in total. The molecule has 0 radical (unpaired) electrons. The van der Waals surface area contributed by atoms with Crippen LogP contribution in [0.5, 0.6) is 0 Å². The molecule has 0 unspecified atom stereocenters. The highest BCUT2D eigenvalue weighted by atomic mass is 16.8. The van der Waals surface area contributed by atoms with Crippen molar-refractivity contribution < 1.29 is 14.9 Å². The van der Waals surface area contributed by atoms with Gasteiger partial charge < -0.3 is 14.9 Å². The smallest absolute Gasteiger partial charge is 0.275 e. The quantitative estimate of drug-likeness (QED) is 0.722. The van der Waals surface area contributed by atoms with Crippen LogP contribution in [0.4, 0.5) is 0 Å². The van der Waals surface area contributed by atoms with Crippen LogP contribution in [0.25, 0.3) is 0 Å². The van der Waals surface area contributed by atoms with Gasteiger partial charge in [-0.3, -0.25) is 0 Å². The summed E-state index contributed by atoms with van der Waals surface area (Å²) in [6.45, 7) is 4.76. The molecule has 3 nitrogen and oxygen atoms in total. The standard InChI is InChI=1S/C11H16O3/c1-10(2,14-11(3,12)13)9-7-5-4-6-8-9/h4-8,12-13H,1-3H3. The Morgan fingerprint density at radius 3 is 1.93 bits per heavy atom. The molecule has 0 aliphatic carbocycles. The fourth-order valence-electron chi connectivity index (χ4n) is 1.38. The van der Waals surface area contributed by atoms with Crippen molar-refractivity contribution in [1.82, 2.24) is 0 Å². The lowest BCUT2D eigenvalue weighted by atomic mass is 9.98. The molecular weight excluding hydrogens is 180 g/mol. The van der Waals surface area contributed by atoms with E-state index in [0.29, 0.717) is 0 Å². The van der Waals surface area contributed by atoms with Gasteiger partial charge in [-0.2, -0.15) is 0 Å². The van der Waals surface area contributed by atoms with Gasteiger partial charge in [-0.25, -0.2) is 0 Å². The van der Waals surface area contributed by atoms with E-state index in [1.807, 2.05) is 30.3 Å². The SMILES string of the molecule is CC(O)(O)OC(C)(C)c1ccccc1. The third kappa shape index (κ3) is 3.10. The largest absolute Gasteiger partial charge is 0.344 e. The number of ether oxygens (including phenoxy) is 1. The molecule has 0 atom stereocenters. The summed E-state index contributed by atoms with van der Waals surface area (Å²) in [5.41, 5.74) is 0.175. The Bertz CT molecular complexity index is 285. The maximum absolute atomic E-state index is 9.15. The number of aliphatic hydroxyl groups is 2. The average Bonchev–Trinajstić information content (AvgIpc) is 2.01. The summed E-state index contributed by atoms with van der Waals surface area (Å²) in [7, 11) is 0. The summed E-state index contributed by atoms with van der Waals surface area (Å²) in [5, 5.41) is 18.3. The van der Waals surface area contributed by atoms with E-state index in [1.165, 1.54) is 6.92 Å². The molecule has 0 fully saturated rings. The zero-order chi connectivity index (χ0) is 10.8. The van der Waals surface area contributed by atoms with Gasteiger partial charge in [0.1, 0.15) is 0 Å². The number of benzene rings is 1. The van der Waals surface area contributed by atoms with Crippen LogP contribution in [-0.4, -0.2) is 16.2 Å². The number of hydrogen-bond acceptors (Lipinski definition) is 3. The minimum Gasteiger partial charge on any atom is -0.344 e. The van der Waals surface area contributed by atoms with Crippen LogP contribution >= 0.6 is 0 Å². The van der Waals surface area contributed by atoms with Crippen molar-refractivity contribution in [3.63, 3.8) is 0 Å². The Hall–Kier alpha value is -0.900. The van der Waals surface area contributed by atoms with E-state index in [0.717, 1.165) is 5.56 Å². The zero-order valence-corrected chi connectivity index (χ0v) is 8.69. The monoisotopic (exact) mass is 196 g/mol. The molecular formula is C11H16O3. The predicted octanol–water partition coefficient (Wildman–Crippen LogP) is 1.60. The van der Waals surface area contributed by atoms with E-state index in [9.17, 15) is 0 Å². The topological polar surface area (TPSA) is 49.7 Å². The van der Waals surface area contributed by atoms with Crippen molar-refractivity contribution in [2.45, 2.75) is 32.3 Å². The lowest BCUT2D eigenvalue weighted by Gasteiger charge is -2.31. The lowest BCUT2D eigenvalue weighted by molar-refractivity contribution is -0.363. The summed E-state index contributed by atoms with van der Waals surface area (Å²) < 4.78 is 5.12. The van der Waals surface area contributed by atoms with Gasteiger partial charge in [0, 0.05) is 6.92 Å². The summed E-state index contributed by atoms with van der Waals surface area (Å²) in [6, 6.07) is 9.42. The van der Waals surface area contributed by atoms with Crippen LogP contribution in [0.15, 0.2) is 30.3 Å². The zero-order valence-electron chi connectivity index (χ0n) is 8.69. The van der Waals surface area contributed by atoms with Crippen LogP contribution in [0, 0.1) is 0 Å². The normalized spacial score (nSPS) is 12.9. The molecule has 0 saturated carbocycles. The molecule has 1 aromatic rings. The lowest BCUT2D eigenvalue weighted by Crippen LogP contribution is -2.37. The van der Waals surface area contributed by atoms with Gasteiger partial charge in [-0.1, -0.05) is 30.3 Å². The molecule has 1 aromatic carbocycles. The molecule has 0 saturated heterocycles. The maximum atomic E-state index is 9.15. The van der Waals surface area contributed by atoms with Crippen LogP contribution < -0.4 is 0 Å². The maximum Gasteiger partial charge on any atom is 0.275 e. The highest BCUT2D eigenvalue weighted by molar-refractivity contribution is 5.20. The van der Waals surface area contributed by atoms with Gasteiger partial charge in [-0.15, -0.1) is 0 Å². The van der Waals surface area contributed by atoms with Gasteiger partial charge >= 0.3 is 0 Å². The number of rotatable bonds is 3. The van der Waals surface area contributed by atoms with Crippen LogP contribution in [0.2, 0.25) is 0 Å². The highest BCUT2D eigenvalue weighted by Crippen LogP contribution is 2.27. The Morgan fingerprint density at radius 1 is 1.00 bits per heavy atom. The van der Waals surface area contributed by atoms with Crippen molar-refractivity contribution >= 4 is 0 Å². The summed E-state index contributed by atoms with van der Waals surface area (Å²) in [4.78, 5) is 0. The van der Waals surface area contributed by atoms with Gasteiger partial charge in [0.05, 0.1) is 5.60 Å². The molecule has 0 aliphatic rings. The number of hydrogen-bond donors (Lipinski definition) is 2. The Balaban J connectivity index is 2.86. The van der Waals surface area contributed by atoms with E-state index in [2.05, 4.69) is 0 Å². The molecule has 0 aliphatic heterocycles. The van der Waals surface area contributed by atoms with Crippen LogP contribution in [0.1, 0.15) is 26.3 Å². The first-order chi connectivity index (χ1) is 6.31. The Labute approximate surface area is 84.0 Å². The molecule has 0 heterocycles. The molecule has 1 rings (SSSR count). The van der Waals surface area contributed by atoms with Crippen LogP contribution in [0.3, 0.4) is 0 Å². The second-order valence-electron chi connectivity index (χ2n) is 3.91. The van der Waals surface area contributed by atoms with Gasteiger partial charge in [-0.05, 0) is 19.4 Å². The Kier molecular flexibility index (Phi) is 2.95. The fourth-order valence-corrected chi connectivity index (χ4v) is 1.38. The molecule has 78 valence electrons. The van der Waals surface area contributed by atoms with Gasteiger partial charge in [0.25, 0.3) is 5.97 Å². The van der Waals surface area contributed by atoms with Crippen molar-refractivity contribution in [1.29, 1.82) is 0 Å². The first-order valence-corrected chi connectivity index (χ1v) is 4.52. The Morgan fingerprint density at radius 2 is 1.50 bits per heavy atom. The van der Waals surface area contributed by atoms with Gasteiger partial charge in [0.2, 0.25) is 0 Å². The summed E-state index contributed by atoms with van der Waals surface area (Å²) >= 11 is 0. The summed E-state index contributed by atoms with van der Waals surface area (Å²) in [6.07, 6.45) is 0. The second kappa shape index (κ2) is 3.69. The van der Waals surface area contributed by atoms with Crippen molar-refractivity contribution in [2.75, 3.05) is 0 Å². The summed E-state index contributed by atoms with van der Waals surface area (Å²) in [5.74, 6) is -2.11. The average molecular weight is 196 g/mol. The predicted molar refractivity (Wildman–Crippen MR) is 53.4 cm³/mol.